The summed E-state index contributed by atoms with van der Waals surface area (Å²) >= 11 is 6.19. The highest BCUT2D eigenvalue weighted by molar-refractivity contribution is 6.29. The molecule has 1 aromatic carbocycles. The Bertz CT molecular complexity index is 1270. The first kappa shape index (κ1) is 18.0. The number of hydrogen-bond donors (Lipinski definition) is 1. The first-order valence-electron chi connectivity index (χ1n) is 8.75. The van der Waals surface area contributed by atoms with Gasteiger partial charge >= 0.3 is 0 Å². The topological polar surface area (TPSA) is 58.6 Å². The Kier molecular flexibility index (Phi) is 4.68. The molecule has 0 unspecified atom stereocenters. The molecule has 0 aliphatic rings. The molecule has 0 spiro atoms. The number of nitrogens with zero attached hydrogens (tertiary/aromatic N) is 2. The molecule has 0 aliphatic carbocycles. The van der Waals surface area contributed by atoms with Crippen LogP contribution in [0.2, 0.25) is 5.15 Å². The van der Waals surface area contributed by atoms with Gasteiger partial charge in [0.05, 0.1) is 11.1 Å². The summed E-state index contributed by atoms with van der Waals surface area (Å²) in [5, 5.41) is 0.886. The minimum absolute atomic E-state index is 0.114. The molecule has 0 amide bonds. The number of halogens is 1. The monoisotopic (exact) mass is 385 g/mol. The first-order chi connectivity index (χ1) is 13.6. The van der Waals surface area contributed by atoms with E-state index in [1.54, 1.807) is 12.3 Å². The van der Waals surface area contributed by atoms with E-state index >= 15 is 0 Å². The lowest BCUT2D eigenvalue weighted by atomic mass is 9.97. The van der Waals surface area contributed by atoms with Crippen LogP contribution in [0, 0.1) is 19.3 Å². The number of benzene rings is 1. The molecule has 0 radical (unpaired) electrons. The van der Waals surface area contributed by atoms with Crippen molar-refractivity contribution in [3.63, 3.8) is 0 Å². The maximum Gasteiger partial charge on any atom is 0.195 e. The smallest absolute Gasteiger partial charge is 0.195 e. The van der Waals surface area contributed by atoms with Crippen molar-refractivity contribution in [1.82, 2.24) is 15.0 Å². The van der Waals surface area contributed by atoms with Crippen molar-refractivity contribution in [3.05, 3.63) is 81.4 Å². The van der Waals surface area contributed by atoms with Gasteiger partial charge in [-0.05, 0) is 30.7 Å². The molecule has 1 N–H and O–H groups in total. The second kappa shape index (κ2) is 7.30. The third kappa shape index (κ3) is 3.28. The number of terminal acetylenes is 1. The summed E-state index contributed by atoms with van der Waals surface area (Å²) in [5.41, 5.74) is 5.11. The zero-order valence-corrected chi connectivity index (χ0v) is 15.9. The van der Waals surface area contributed by atoms with E-state index in [2.05, 4.69) is 15.9 Å². The van der Waals surface area contributed by atoms with Crippen LogP contribution in [0.25, 0.3) is 33.4 Å². The Labute approximate surface area is 167 Å². The number of pyridine rings is 3. The van der Waals surface area contributed by atoms with Crippen LogP contribution in [0.15, 0.2) is 59.5 Å². The molecule has 0 aliphatic heterocycles. The normalized spacial score (nSPS) is 10.8. The van der Waals surface area contributed by atoms with Crippen molar-refractivity contribution in [2.75, 3.05) is 0 Å². The minimum atomic E-state index is -0.114. The van der Waals surface area contributed by atoms with E-state index in [-0.39, 0.29) is 11.8 Å². The zero-order chi connectivity index (χ0) is 19.7. The van der Waals surface area contributed by atoms with Gasteiger partial charge in [-0.25, -0.2) is 9.97 Å². The van der Waals surface area contributed by atoms with Gasteiger partial charge in [-0.2, -0.15) is 0 Å². The van der Waals surface area contributed by atoms with Crippen LogP contribution in [-0.2, 0) is 6.42 Å². The van der Waals surface area contributed by atoms with Gasteiger partial charge in [0, 0.05) is 35.0 Å². The summed E-state index contributed by atoms with van der Waals surface area (Å²) in [4.78, 5) is 25.0. The first-order valence-corrected chi connectivity index (χ1v) is 9.13. The van der Waals surface area contributed by atoms with Gasteiger partial charge in [-0.1, -0.05) is 41.9 Å². The maximum absolute atomic E-state index is 12.9. The molecule has 0 bridgehead atoms. The third-order valence-corrected chi connectivity index (χ3v) is 4.71. The largest absolute Gasteiger partial charge is 0.346 e. The van der Waals surface area contributed by atoms with Crippen molar-refractivity contribution in [3.8, 4) is 34.7 Å². The summed E-state index contributed by atoms with van der Waals surface area (Å²) in [6.07, 6.45) is 7.29. The minimum Gasteiger partial charge on any atom is -0.346 e. The fourth-order valence-corrected chi connectivity index (χ4v) is 3.50. The van der Waals surface area contributed by atoms with Gasteiger partial charge in [0.2, 0.25) is 0 Å². The van der Waals surface area contributed by atoms with Crippen LogP contribution >= 0.6 is 11.6 Å². The van der Waals surface area contributed by atoms with Crippen molar-refractivity contribution >= 4 is 22.6 Å². The number of aromatic nitrogens is 3. The summed E-state index contributed by atoms with van der Waals surface area (Å²) in [6, 6.07) is 15.4. The standard InChI is InChI=1S/C23H16ClN3O/c1-3-7-16-13-25-23-19(22(16)28)12-18(17-10-14(2)26-20(24)11-17)21(27-23)15-8-5-4-6-9-15/h1,4-6,8-13H,7H2,2H3,(H,25,27,28). The molecule has 0 saturated heterocycles. The van der Waals surface area contributed by atoms with Crippen molar-refractivity contribution in [2.45, 2.75) is 13.3 Å². The number of aryl methyl sites for hydroxylation is 1. The van der Waals surface area contributed by atoms with Crippen LogP contribution < -0.4 is 5.43 Å². The predicted octanol–water partition coefficient (Wildman–Crippen LogP) is 4.79. The highest BCUT2D eigenvalue weighted by Gasteiger charge is 2.15. The van der Waals surface area contributed by atoms with E-state index in [1.807, 2.05) is 49.4 Å². The van der Waals surface area contributed by atoms with Crippen molar-refractivity contribution in [2.24, 2.45) is 0 Å². The molecule has 136 valence electrons. The fraction of sp³-hybridized carbons (Fsp3) is 0.0870. The molecule has 0 saturated carbocycles. The lowest BCUT2D eigenvalue weighted by Crippen LogP contribution is -2.11. The molecular formula is C23H16ClN3O. The van der Waals surface area contributed by atoms with Gasteiger partial charge < -0.3 is 4.98 Å². The number of H-pyrrole nitrogens is 1. The van der Waals surface area contributed by atoms with E-state index in [1.165, 1.54) is 0 Å². The van der Waals surface area contributed by atoms with Crippen molar-refractivity contribution < 1.29 is 0 Å². The third-order valence-electron chi connectivity index (χ3n) is 4.51. The Morgan fingerprint density at radius 3 is 2.61 bits per heavy atom. The molecule has 4 nitrogen and oxygen atoms in total. The SMILES string of the molecule is C#CCc1c[nH]c2nc(-c3ccccc3)c(-c3cc(C)nc(Cl)c3)cc2c1=O. The molecular weight excluding hydrogens is 370 g/mol. The molecule has 4 rings (SSSR count). The fourth-order valence-electron chi connectivity index (χ4n) is 3.25. The summed E-state index contributed by atoms with van der Waals surface area (Å²) in [5.74, 6) is 2.52. The molecule has 3 heterocycles. The molecule has 4 aromatic rings. The van der Waals surface area contributed by atoms with E-state index in [0.717, 1.165) is 28.1 Å². The Hall–Kier alpha value is -3.42. The highest BCUT2D eigenvalue weighted by Crippen LogP contribution is 2.33. The van der Waals surface area contributed by atoms with Gasteiger partial charge in [0.25, 0.3) is 0 Å². The average Bonchev–Trinajstić information content (AvgIpc) is 2.69. The van der Waals surface area contributed by atoms with E-state index in [9.17, 15) is 4.79 Å². The van der Waals surface area contributed by atoms with Gasteiger partial charge in [-0.3, -0.25) is 4.79 Å². The average molecular weight is 386 g/mol. The summed E-state index contributed by atoms with van der Waals surface area (Å²) in [6.45, 7) is 1.88. The second-order valence-electron chi connectivity index (χ2n) is 6.49. The van der Waals surface area contributed by atoms with E-state index in [0.29, 0.717) is 21.7 Å². The molecule has 5 heteroatoms. The van der Waals surface area contributed by atoms with E-state index in [4.69, 9.17) is 23.0 Å². The van der Waals surface area contributed by atoms with Crippen LogP contribution in [0.4, 0.5) is 0 Å². The van der Waals surface area contributed by atoms with E-state index < -0.39 is 0 Å². The summed E-state index contributed by atoms with van der Waals surface area (Å²) < 4.78 is 0. The molecule has 0 fully saturated rings. The zero-order valence-electron chi connectivity index (χ0n) is 15.2. The predicted molar refractivity (Wildman–Crippen MR) is 113 cm³/mol. The van der Waals surface area contributed by atoms with Gasteiger partial charge in [0.1, 0.15) is 10.8 Å². The summed E-state index contributed by atoms with van der Waals surface area (Å²) in [7, 11) is 0. The van der Waals surface area contributed by atoms with Crippen LogP contribution in [0.3, 0.4) is 0 Å². The number of fused-ring (bicyclic) bond motifs is 1. The molecule has 28 heavy (non-hydrogen) atoms. The number of hydrogen-bond acceptors (Lipinski definition) is 3. The quantitative estimate of drug-likeness (QED) is 0.407. The Morgan fingerprint density at radius 1 is 1.11 bits per heavy atom. The lowest BCUT2D eigenvalue weighted by Gasteiger charge is -2.12. The van der Waals surface area contributed by atoms with Gasteiger partial charge in [-0.15, -0.1) is 12.3 Å². The van der Waals surface area contributed by atoms with Crippen LogP contribution in [-0.4, -0.2) is 15.0 Å². The Balaban J connectivity index is 2.08. The number of nitrogens with one attached hydrogen (secondary N) is 1. The molecule has 0 atom stereocenters. The second-order valence-corrected chi connectivity index (χ2v) is 6.88. The van der Waals surface area contributed by atoms with Crippen LogP contribution in [0.1, 0.15) is 11.3 Å². The van der Waals surface area contributed by atoms with Crippen molar-refractivity contribution in [1.29, 1.82) is 0 Å². The number of rotatable bonds is 3. The maximum atomic E-state index is 12.9. The number of aromatic amines is 1. The van der Waals surface area contributed by atoms with Crippen LogP contribution in [0.5, 0.6) is 0 Å². The van der Waals surface area contributed by atoms with Gasteiger partial charge in [0.15, 0.2) is 5.43 Å². The highest BCUT2D eigenvalue weighted by atomic mass is 35.5. The lowest BCUT2D eigenvalue weighted by molar-refractivity contribution is 1.19. The molecule has 3 aromatic heterocycles. The Morgan fingerprint density at radius 2 is 1.89 bits per heavy atom.